The summed E-state index contributed by atoms with van der Waals surface area (Å²) in [5, 5.41) is 13.8. The lowest BCUT2D eigenvalue weighted by Crippen LogP contribution is -2.27. The van der Waals surface area contributed by atoms with E-state index in [9.17, 15) is 14.4 Å². The number of para-hydroxylation sites is 2. The molecule has 0 unspecified atom stereocenters. The Balaban J connectivity index is 0.000000340. The summed E-state index contributed by atoms with van der Waals surface area (Å²) in [6.45, 7) is 5.34. The average molecular weight is 594 g/mol. The number of anilines is 2. The molecule has 0 bridgehead atoms. The Morgan fingerprint density at radius 1 is 0.824 bits per heavy atom. The van der Waals surface area contributed by atoms with Crippen LogP contribution in [0.15, 0.2) is 70.1 Å². The first-order chi connectivity index (χ1) is 15.9. The summed E-state index contributed by atoms with van der Waals surface area (Å²) in [6, 6.07) is 13.3. The first-order valence-electron chi connectivity index (χ1n) is 9.81. The van der Waals surface area contributed by atoms with Crippen molar-refractivity contribution in [2.24, 2.45) is 0 Å². The third-order valence-corrected chi connectivity index (χ3v) is 4.71. The molecule has 0 radical (unpaired) electrons. The molecule has 2 heterocycles. The van der Waals surface area contributed by atoms with Crippen LogP contribution in [0, 0.1) is 0 Å². The highest BCUT2D eigenvalue weighted by atomic mass is 79.9. The van der Waals surface area contributed by atoms with E-state index >= 15 is 0 Å². The standard InChI is InChI=1S/C17H18BrN3O3.C6H4BrNO2/c1-17(2,3)24-16(23)21-13-7-5-4-6-12(13)20-15(22)11-8-9-14(18)19-10-11;7-5-2-1-4(3-8-5)6(9)10/h4-10H,1-3H3,(H,20,22)(H,21,23);1-3H,(H,9,10). The molecule has 0 aliphatic rings. The number of ether oxygens (including phenoxy) is 1. The minimum atomic E-state index is -0.958. The van der Waals surface area contributed by atoms with E-state index in [0.717, 1.165) is 0 Å². The predicted octanol–water partition coefficient (Wildman–Crippen LogP) is 5.99. The Kier molecular flexibility index (Phi) is 9.69. The Morgan fingerprint density at radius 3 is 1.76 bits per heavy atom. The van der Waals surface area contributed by atoms with E-state index in [4.69, 9.17) is 9.84 Å². The van der Waals surface area contributed by atoms with Crippen molar-refractivity contribution >= 4 is 61.2 Å². The zero-order valence-corrected chi connectivity index (χ0v) is 21.7. The molecule has 0 aliphatic carbocycles. The van der Waals surface area contributed by atoms with Gasteiger partial charge >= 0.3 is 12.1 Å². The number of hydrogen-bond acceptors (Lipinski definition) is 6. The fraction of sp³-hybridized carbons (Fsp3) is 0.174. The van der Waals surface area contributed by atoms with Crippen molar-refractivity contribution in [1.29, 1.82) is 0 Å². The number of carbonyl (C=O) groups excluding carboxylic acids is 2. The highest BCUT2D eigenvalue weighted by molar-refractivity contribution is 9.10. The molecule has 0 fully saturated rings. The van der Waals surface area contributed by atoms with Gasteiger partial charge in [-0.1, -0.05) is 12.1 Å². The molecule has 9 nitrogen and oxygen atoms in total. The summed E-state index contributed by atoms with van der Waals surface area (Å²) >= 11 is 6.31. The van der Waals surface area contributed by atoms with Gasteiger partial charge < -0.3 is 15.2 Å². The maximum absolute atomic E-state index is 12.3. The maximum Gasteiger partial charge on any atom is 0.412 e. The summed E-state index contributed by atoms with van der Waals surface area (Å²) in [7, 11) is 0. The summed E-state index contributed by atoms with van der Waals surface area (Å²) in [6.07, 6.45) is 2.17. The second-order valence-electron chi connectivity index (χ2n) is 7.67. The highest BCUT2D eigenvalue weighted by Crippen LogP contribution is 2.23. The Hall–Kier alpha value is -3.31. The van der Waals surface area contributed by atoms with Gasteiger partial charge in [-0.05, 0) is 89.0 Å². The molecule has 0 saturated carbocycles. The number of benzene rings is 1. The molecule has 2 amide bonds. The molecular formula is C23H22Br2N4O5. The Morgan fingerprint density at radius 2 is 1.32 bits per heavy atom. The molecule has 2 aromatic heterocycles. The highest BCUT2D eigenvalue weighted by Gasteiger charge is 2.18. The number of nitrogens with zero attached hydrogens (tertiary/aromatic N) is 2. The zero-order chi connectivity index (χ0) is 25.3. The molecule has 3 N–H and O–H groups in total. The van der Waals surface area contributed by atoms with E-state index in [1.54, 1.807) is 63.2 Å². The monoisotopic (exact) mass is 592 g/mol. The van der Waals surface area contributed by atoms with Crippen LogP contribution in [0.4, 0.5) is 16.2 Å². The van der Waals surface area contributed by atoms with Crippen molar-refractivity contribution in [1.82, 2.24) is 9.97 Å². The summed E-state index contributed by atoms with van der Waals surface area (Å²) in [4.78, 5) is 42.2. The van der Waals surface area contributed by atoms with Crippen LogP contribution in [-0.2, 0) is 4.74 Å². The Labute approximate surface area is 213 Å². The van der Waals surface area contributed by atoms with Gasteiger partial charge in [0.05, 0.1) is 22.5 Å². The molecular weight excluding hydrogens is 572 g/mol. The first kappa shape index (κ1) is 26.9. The Bertz CT molecular complexity index is 1150. The average Bonchev–Trinajstić information content (AvgIpc) is 2.75. The van der Waals surface area contributed by atoms with Gasteiger partial charge in [-0.25, -0.2) is 19.6 Å². The van der Waals surface area contributed by atoms with E-state index in [0.29, 0.717) is 26.1 Å². The van der Waals surface area contributed by atoms with Crippen LogP contribution in [0.5, 0.6) is 0 Å². The summed E-state index contributed by atoms with van der Waals surface area (Å²) in [5.74, 6) is -1.28. The predicted molar refractivity (Wildman–Crippen MR) is 135 cm³/mol. The lowest BCUT2D eigenvalue weighted by molar-refractivity contribution is 0.0633. The molecule has 3 aromatic rings. The number of halogens is 2. The van der Waals surface area contributed by atoms with Crippen molar-refractivity contribution < 1.29 is 24.2 Å². The van der Waals surface area contributed by atoms with Crippen LogP contribution < -0.4 is 10.6 Å². The molecule has 178 valence electrons. The van der Waals surface area contributed by atoms with Crippen molar-refractivity contribution in [2.75, 3.05) is 10.6 Å². The van der Waals surface area contributed by atoms with Gasteiger partial charge in [0.15, 0.2) is 0 Å². The van der Waals surface area contributed by atoms with Crippen molar-refractivity contribution in [3.63, 3.8) is 0 Å². The summed E-state index contributed by atoms with van der Waals surface area (Å²) < 4.78 is 6.50. The largest absolute Gasteiger partial charge is 0.478 e. The minimum Gasteiger partial charge on any atom is -0.478 e. The van der Waals surface area contributed by atoms with Crippen LogP contribution in [-0.4, -0.2) is 38.6 Å². The SMILES string of the molecule is CC(C)(C)OC(=O)Nc1ccccc1NC(=O)c1ccc(Br)nc1.O=C(O)c1ccc(Br)nc1. The molecule has 0 aliphatic heterocycles. The lowest BCUT2D eigenvalue weighted by Gasteiger charge is -2.20. The third-order valence-electron chi connectivity index (χ3n) is 3.77. The first-order valence-corrected chi connectivity index (χ1v) is 11.4. The van der Waals surface area contributed by atoms with E-state index in [2.05, 4.69) is 52.5 Å². The quantitative estimate of drug-likeness (QED) is 0.317. The van der Waals surface area contributed by atoms with Crippen molar-refractivity contribution in [3.8, 4) is 0 Å². The van der Waals surface area contributed by atoms with Crippen LogP contribution in [0.2, 0.25) is 0 Å². The molecule has 34 heavy (non-hydrogen) atoms. The second kappa shape index (κ2) is 12.2. The normalized spacial score (nSPS) is 10.4. The van der Waals surface area contributed by atoms with Gasteiger partial charge in [0, 0.05) is 12.4 Å². The number of nitrogens with one attached hydrogen (secondary N) is 2. The van der Waals surface area contributed by atoms with Gasteiger partial charge in [-0.15, -0.1) is 0 Å². The van der Waals surface area contributed by atoms with Gasteiger partial charge in [0.2, 0.25) is 0 Å². The number of hydrogen-bond donors (Lipinski definition) is 3. The van der Waals surface area contributed by atoms with Gasteiger partial charge in [0.1, 0.15) is 14.8 Å². The maximum atomic E-state index is 12.3. The number of aromatic nitrogens is 2. The number of carbonyl (C=O) groups is 3. The van der Waals surface area contributed by atoms with Crippen LogP contribution in [0.1, 0.15) is 41.5 Å². The number of aromatic carboxylic acids is 1. The number of carboxylic acid groups (broad SMARTS) is 1. The molecule has 11 heteroatoms. The fourth-order valence-electron chi connectivity index (χ4n) is 2.32. The number of amides is 2. The zero-order valence-electron chi connectivity index (χ0n) is 18.5. The van der Waals surface area contributed by atoms with E-state index < -0.39 is 17.7 Å². The topological polar surface area (TPSA) is 131 Å². The summed E-state index contributed by atoms with van der Waals surface area (Å²) in [5.41, 5.74) is 0.917. The third kappa shape index (κ3) is 9.28. The fourth-order valence-corrected chi connectivity index (χ4v) is 2.79. The van der Waals surface area contributed by atoms with E-state index in [1.165, 1.54) is 18.5 Å². The molecule has 0 saturated heterocycles. The minimum absolute atomic E-state index is 0.197. The molecule has 0 spiro atoms. The number of pyridine rings is 2. The van der Waals surface area contributed by atoms with Crippen LogP contribution in [0.3, 0.4) is 0 Å². The van der Waals surface area contributed by atoms with Crippen LogP contribution in [0.25, 0.3) is 0 Å². The van der Waals surface area contributed by atoms with Gasteiger partial charge in [-0.3, -0.25) is 10.1 Å². The smallest absolute Gasteiger partial charge is 0.412 e. The van der Waals surface area contributed by atoms with E-state index in [1.807, 2.05) is 0 Å². The molecule has 1 aromatic carbocycles. The van der Waals surface area contributed by atoms with Gasteiger partial charge in [-0.2, -0.15) is 0 Å². The van der Waals surface area contributed by atoms with Crippen molar-refractivity contribution in [2.45, 2.75) is 26.4 Å². The number of carboxylic acids is 1. The lowest BCUT2D eigenvalue weighted by atomic mass is 10.2. The molecule has 3 rings (SSSR count). The van der Waals surface area contributed by atoms with Crippen molar-refractivity contribution in [3.05, 3.63) is 81.3 Å². The number of rotatable bonds is 4. The van der Waals surface area contributed by atoms with Gasteiger partial charge in [0.25, 0.3) is 5.91 Å². The molecule has 0 atom stereocenters. The second-order valence-corrected chi connectivity index (χ2v) is 9.30. The van der Waals surface area contributed by atoms with E-state index in [-0.39, 0.29) is 11.5 Å². The van der Waals surface area contributed by atoms with Crippen LogP contribution >= 0.6 is 31.9 Å².